The maximum atomic E-state index is 3.98. The monoisotopic (exact) mass is 121 g/mol. The molecule has 48 valence electrons. The van der Waals surface area contributed by atoms with Crippen LogP contribution in [-0.2, 0) is 0 Å². The molecule has 1 heteroatoms. The fourth-order valence-electron chi connectivity index (χ4n) is 0.497. The zero-order valence-corrected chi connectivity index (χ0v) is 4.54. The summed E-state index contributed by atoms with van der Waals surface area (Å²) in [6.07, 6.45) is 3.47. The normalized spacial score (nSPS) is 7.56. The molecule has 0 saturated carbocycles. The van der Waals surface area contributed by atoms with E-state index in [2.05, 4.69) is 11.6 Å². The van der Waals surface area contributed by atoms with E-state index in [1.807, 2.05) is 18.2 Å². The Bertz CT molecular complexity index is 167. The van der Waals surface area contributed by atoms with Gasteiger partial charge in [-0.05, 0) is 18.2 Å². The Morgan fingerprint density at radius 3 is 2.56 bits per heavy atom. The standard InChI is InChI=1S/C7H7N.CH4/c1-2-7-5-3-4-6-8-7;/h2-6H,1H2;1H4. The van der Waals surface area contributed by atoms with Crippen LogP contribution < -0.4 is 0 Å². The van der Waals surface area contributed by atoms with Crippen LogP contribution in [0.3, 0.4) is 0 Å². The Labute approximate surface area is 56.1 Å². The van der Waals surface area contributed by atoms with Crippen LogP contribution in [0.15, 0.2) is 31.0 Å². The highest BCUT2D eigenvalue weighted by Crippen LogP contribution is 1.91. The number of aromatic nitrogens is 1. The van der Waals surface area contributed by atoms with E-state index in [0.29, 0.717) is 0 Å². The molecule has 0 aliphatic heterocycles. The quantitative estimate of drug-likeness (QED) is 0.555. The second kappa shape index (κ2) is 3.84. The molecule has 0 aliphatic rings. The van der Waals surface area contributed by atoms with Crippen molar-refractivity contribution in [3.05, 3.63) is 36.7 Å². The Morgan fingerprint density at radius 2 is 2.22 bits per heavy atom. The van der Waals surface area contributed by atoms with E-state index in [1.54, 1.807) is 12.3 Å². The van der Waals surface area contributed by atoms with Crippen LogP contribution in [0, 0.1) is 0 Å². The summed E-state index contributed by atoms with van der Waals surface area (Å²) in [6.45, 7) is 3.57. The van der Waals surface area contributed by atoms with E-state index in [4.69, 9.17) is 0 Å². The van der Waals surface area contributed by atoms with Crippen molar-refractivity contribution in [3.8, 4) is 0 Å². The van der Waals surface area contributed by atoms with E-state index in [-0.39, 0.29) is 7.43 Å². The van der Waals surface area contributed by atoms with E-state index < -0.39 is 0 Å². The van der Waals surface area contributed by atoms with Crippen LogP contribution >= 0.6 is 0 Å². The summed E-state index contributed by atoms with van der Waals surface area (Å²) in [5, 5.41) is 0. The molecule has 1 aromatic rings. The van der Waals surface area contributed by atoms with E-state index in [0.717, 1.165) is 5.69 Å². The first kappa shape index (κ1) is 7.89. The minimum Gasteiger partial charge on any atom is -0.257 e. The maximum Gasteiger partial charge on any atom is 0.0623 e. The molecule has 0 bridgehead atoms. The summed E-state index contributed by atoms with van der Waals surface area (Å²) >= 11 is 0. The molecule has 0 aromatic carbocycles. The van der Waals surface area contributed by atoms with Crippen LogP contribution in [0.2, 0.25) is 0 Å². The fraction of sp³-hybridized carbons (Fsp3) is 0.125. The lowest BCUT2D eigenvalue weighted by Gasteiger charge is -1.84. The SMILES string of the molecule is C.C=Cc1ccccn1. The van der Waals surface area contributed by atoms with Gasteiger partial charge in [0.15, 0.2) is 0 Å². The minimum absolute atomic E-state index is 0. The van der Waals surface area contributed by atoms with Crippen molar-refractivity contribution < 1.29 is 0 Å². The fourth-order valence-corrected chi connectivity index (χ4v) is 0.497. The van der Waals surface area contributed by atoms with Crippen molar-refractivity contribution in [1.82, 2.24) is 4.98 Å². The van der Waals surface area contributed by atoms with Gasteiger partial charge in [0.25, 0.3) is 0 Å². The van der Waals surface area contributed by atoms with Crippen LogP contribution in [0.1, 0.15) is 13.1 Å². The molecule has 0 amide bonds. The lowest BCUT2D eigenvalue weighted by atomic mass is 10.4. The lowest BCUT2D eigenvalue weighted by molar-refractivity contribution is 1.30. The molecule has 1 heterocycles. The Hall–Kier alpha value is -1.11. The molecule has 1 nitrogen and oxygen atoms in total. The number of hydrogen-bond donors (Lipinski definition) is 0. The van der Waals surface area contributed by atoms with Gasteiger partial charge in [-0.3, -0.25) is 4.98 Å². The zero-order valence-electron chi connectivity index (χ0n) is 4.54. The predicted molar refractivity (Wildman–Crippen MR) is 41.1 cm³/mol. The molecule has 0 N–H and O–H groups in total. The molecule has 1 aromatic heterocycles. The average Bonchev–Trinajstić information content (AvgIpc) is 1.90. The van der Waals surface area contributed by atoms with Gasteiger partial charge < -0.3 is 0 Å². The number of nitrogens with zero attached hydrogens (tertiary/aromatic N) is 1. The van der Waals surface area contributed by atoms with Crippen molar-refractivity contribution in [2.45, 2.75) is 7.43 Å². The summed E-state index contributed by atoms with van der Waals surface area (Å²) in [5.41, 5.74) is 0.924. The van der Waals surface area contributed by atoms with Crippen molar-refractivity contribution in [3.63, 3.8) is 0 Å². The molecule has 0 saturated heterocycles. The van der Waals surface area contributed by atoms with E-state index >= 15 is 0 Å². The molecule has 0 unspecified atom stereocenters. The van der Waals surface area contributed by atoms with Gasteiger partial charge in [-0.25, -0.2) is 0 Å². The average molecular weight is 121 g/mol. The van der Waals surface area contributed by atoms with Gasteiger partial charge in [-0.1, -0.05) is 20.1 Å². The van der Waals surface area contributed by atoms with Crippen molar-refractivity contribution >= 4 is 6.08 Å². The number of hydrogen-bond acceptors (Lipinski definition) is 1. The minimum atomic E-state index is 0. The van der Waals surface area contributed by atoms with Crippen LogP contribution in [0.5, 0.6) is 0 Å². The van der Waals surface area contributed by atoms with Crippen LogP contribution in [0.25, 0.3) is 6.08 Å². The zero-order chi connectivity index (χ0) is 5.82. The summed E-state index contributed by atoms with van der Waals surface area (Å²) in [4.78, 5) is 3.98. The topological polar surface area (TPSA) is 12.9 Å². The molecule has 0 radical (unpaired) electrons. The smallest absolute Gasteiger partial charge is 0.0623 e. The highest BCUT2D eigenvalue weighted by atomic mass is 14.6. The number of pyridine rings is 1. The van der Waals surface area contributed by atoms with Crippen LogP contribution in [0.4, 0.5) is 0 Å². The van der Waals surface area contributed by atoms with Crippen molar-refractivity contribution in [2.75, 3.05) is 0 Å². The number of rotatable bonds is 1. The summed E-state index contributed by atoms with van der Waals surface area (Å²) < 4.78 is 0. The Kier molecular flexibility index (Phi) is 3.37. The molecule has 0 fully saturated rings. The van der Waals surface area contributed by atoms with E-state index in [1.165, 1.54) is 0 Å². The molecule has 0 spiro atoms. The molecule has 9 heavy (non-hydrogen) atoms. The molecular formula is C8H11N. The third kappa shape index (κ3) is 2.08. The Morgan fingerprint density at radius 1 is 1.44 bits per heavy atom. The second-order valence-electron chi connectivity index (χ2n) is 1.46. The van der Waals surface area contributed by atoms with Gasteiger partial charge in [-0.15, -0.1) is 0 Å². The third-order valence-corrected chi connectivity index (χ3v) is 0.897. The summed E-state index contributed by atoms with van der Waals surface area (Å²) in [6, 6.07) is 5.73. The van der Waals surface area contributed by atoms with Gasteiger partial charge in [0.2, 0.25) is 0 Å². The summed E-state index contributed by atoms with van der Waals surface area (Å²) in [5.74, 6) is 0. The highest BCUT2D eigenvalue weighted by molar-refractivity contribution is 5.40. The van der Waals surface area contributed by atoms with Gasteiger partial charge in [0.05, 0.1) is 5.69 Å². The molecular weight excluding hydrogens is 110 g/mol. The molecule has 0 aliphatic carbocycles. The first-order valence-electron chi connectivity index (χ1n) is 2.47. The molecule has 0 atom stereocenters. The van der Waals surface area contributed by atoms with Gasteiger partial charge >= 0.3 is 0 Å². The third-order valence-electron chi connectivity index (χ3n) is 0.897. The summed E-state index contributed by atoms with van der Waals surface area (Å²) in [7, 11) is 0. The Balaban J connectivity index is 0.000000640. The largest absolute Gasteiger partial charge is 0.257 e. The second-order valence-corrected chi connectivity index (χ2v) is 1.46. The molecule has 1 rings (SSSR count). The van der Waals surface area contributed by atoms with Gasteiger partial charge in [0.1, 0.15) is 0 Å². The first-order chi connectivity index (χ1) is 3.93. The highest BCUT2D eigenvalue weighted by Gasteiger charge is 1.77. The van der Waals surface area contributed by atoms with E-state index in [9.17, 15) is 0 Å². The lowest BCUT2D eigenvalue weighted by Crippen LogP contribution is -1.73. The van der Waals surface area contributed by atoms with Crippen molar-refractivity contribution in [1.29, 1.82) is 0 Å². The first-order valence-corrected chi connectivity index (χ1v) is 2.47. The maximum absolute atomic E-state index is 3.98. The van der Waals surface area contributed by atoms with Gasteiger partial charge in [-0.2, -0.15) is 0 Å². The van der Waals surface area contributed by atoms with Crippen molar-refractivity contribution in [2.24, 2.45) is 0 Å². The predicted octanol–water partition coefficient (Wildman–Crippen LogP) is 2.36. The van der Waals surface area contributed by atoms with Gasteiger partial charge in [0, 0.05) is 6.20 Å². The van der Waals surface area contributed by atoms with Crippen LogP contribution in [-0.4, -0.2) is 4.98 Å².